The second-order valence-corrected chi connectivity index (χ2v) is 10.1. The lowest BCUT2D eigenvalue weighted by Gasteiger charge is -2.25. The van der Waals surface area contributed by atoms with Gasteiger partial charge in [0.25, 0.3) is 10.0 Å². The molecule has 8 heteroatoms. The van der Waals surface area contributed by atoms with E-state index >= 15 is 0 Å². The summed E-state index contributed by atoms with van der Waals surface area (Å²) in [6.07, 6.45) is 0.0731. The van der Waals surface area contributed by atoms with Crippen LogP contribution in [-0.4, -0.2) is 26.6 Å². The highest BCUT2D eigenvalue weighted by Crippen LogP contribution is 2.34. The van der Waals surface area contributed by atoms with E-state index < -0.39 is 10.0 Å². The number of rotatable bonds is 9. The maximum absolute atomic E-state index is 13.7. The van der Waals surface area contributed by atoms with Crippen LogP contribution in [0, 0.1) is 6.92 Å². The van der Waals surface area contributed by atoms with Crippen LogP contribution in [0.4, 0.5) is 5.69 Å². The maximum Gasteiger partial charge on any atom is 0.264 e. The first-order valence-corrected chi connectivity index (χ1v) is 12.7. The van der Waals surface area contributed by atoms with Crippen molar-refractivity contribution in [1.82, 2.24) is 4.98 Å². The molecule has 3 aromatic carbocycles. The van der Waals surface area contributed by atoms with Crippen LogP contribution in [0.25, 0.3) is 11.5 Å². The van der Waals surface area contributed by atoms with Crippen molar-refractivity contribution in [3.63, 3.8) is 0 Å². The van der Waals surface area contributed by atoms with E-state index in [2.05, 4.69) is 4.98 Å². The average Bonchev–Trinajstić information content (AvgIpc) is 3.23. The van der Waals surface area contributed by atoms with Crippen LogP contribution >= 0.6 is 0 Å². The SMILES string of the molecule is COc1ccccc1N(Cc1nc(-c2ccc(OC(C)C)cc2)oc1C)S(=O)(=O)c1ccccc1. The van der Waals surface area contributed by atoms with Gasteiger partial charge >= 0.3 is 0 Å². The fraction of sp³-hybridized carbons (Fsp3) is 0.222. The normalized spacial score (nSPS) is 11.5. The Bertz CT molecular complexity index is 1380. The third-order valence-corrected chi connectivity index (χ3v) is 7.12. The molecule has 182 valence electrons. The molecule has 0 saturated heterocycles. The number of methoxy groups -OCH3 is 1. The summed E-state index contributed by atoms with van der Waals surface area (Å²) < 4.78 is 45.8. The number of aryl methyl sites for hydroxylation is 1. The van der Waals surface area contributed by atoms with Crippen molar-refractivity contribution in [1.29, 1.82) is 0 Å². The van der Waals surface area contributed by atoms with E-state index in [0.717, 1.165) is 11.3 Å². The molecular weight excluding hydrogens is 464 g/mol. The third-order valence-electron chi connectivity index (χ3n) is 5.34. The van der Waals surface area contributed by atoms with Gasteiger partial charge < -0.3 is 13.9 Å². The molecule has 0 N–H and O–H groups in total. The molecule has 4 rings (SSSR count). The van der Waals surface area contributed by atoms with Crippen molar-refractivity contribution in [2.24, 2.45) is 0 Å². The van der Waals surface area contributed by atoms with Gasteiger partial charge in [0.05, 0.1) is 30.3 Å². The van der Waals surface area contributed by atoms with Crippen molar-refractivity contribution >= 4 is 15.7 Å². The highest BCUT2D eigenvalue weighted by atomic mass is 32.2. The Kier molecular flexibility index (Phi) is 7.12. The van der Waals surface area contributed by atoms with Crippen molar-refractivity contribution in [2.75, 3.05) is 11.4 Å². The van der Waals surface area contributed by atoms with Crippen LogP contribution in [0.2, 0.25) is 0 Å². The predicted molar refractivity (Wildman–Crippen MR) is 135 cm³/mol. The second kappa shape index (κ2) is 10.2. The molecule has 0 fully saturated rings. The number of para-hydroxylation sites is 2. The molecule has 0 atom stereocenters. The van der Waals surface area contributed by atoms with Crippen LogP contribution in [0.5, 0.6) is 11.5 Å². The first-order chi connectivity index (χ1) is 16.8. The number of benzene rings is 3. The first kappa shape index (κ1) is 24.3. The minimum atomic E-state index is -3.92. The number of aromatic nitrogens is 1. The molecule has 0 bridgehead atoms. The Morgan fingerprint density at radius 2 is 1.60 bits per heavy atom. The Morgan fingerprint density at radius 3 is 2.26 bits per heavy atom. The monoisotopic (exact) mass is 492 g/mol. The summed E-state index contributed by atoms with van der Waals surface area (Å²) in [7, 11) is -2.41. The van der Waals surface area contributed by atoms with Gasteiger partial charge in [-0.15, -0.1) is 0 Å². The standard InChI is InChI=1S/C27H28N2O5S/c1-19(2)33-22-16-14-21(15-17-22)27-28-24(20(3)34-27)18-29(25-12-8-9-13-26(25)32-4)35(30,31)23-10-6-5-7-11-23/h5-17,19H,18H2,1-4H3. The molecule has 4 aromatic rings. The van der Waals surface area contributed by atoms with Crippen molar-refractivity contribution in [3.8, 4) is 23.0 Å². The van der Waals surface area contributed by atoms with E-state index in [0.29, 0.717) is 28.8 Å². The zero-order valence-corrected chi connectivity index (χ0v) is 21.0. The molecule has 0 aliphatic heterocycles. The van der Waals surface area contributed by atoms with Gasteiger partial charge in [-0.2, -0.15) is 0 Å². The van der Waals surface area contributed by atoms with E-state index in [1.54, 1.807) is 61.5 Å². The molecule has 1 aromatic heterocycles. The molecule has 7 nitrogen and oxygen atoms in total. The summed E-state index contributed by atoms with van der Waals surface area (Å²) in [6.45, 7) is 5.68. The lowest BCUT2D eigenvalue weighted by Crippen LogP contribution is -2.31. The van der Waals surface area contributed by atoms with E-state index in [-0.39, 0.29) is 17.5 Å². The van der Waals surface area contributed by atoms with E-state index in [1.807, 2.05) is 38.1 Å². The fourth-order valence-corrected chi connectivity index (χ4v) is 5.10. The largest absolute Gasteiger partial charge is 0.495 e. The third kappa shape index (κ3) is 5.33. The minimum absolute atomic E-state index is 0.0263. The topological polar surface area (TPSA) is 81.9 Å². The summed E-state index contributed by atoms with van der Waals surface area (Å²) in [5.41, 5.74) is 1.69. The lowest BCUT2D eigenvalue weighted by molar-refractivity contribution is 0.242. The molecular formula is C27H28N2O5S. The van der Waals surface area contributed by atoms with Gasteiger partial charge in [0.15, 0.2) is 0 Å². The Morgan fingerprint density at radius 1 is 0.943 bits per heavy atom. The second-order valence-electron chi connectivity index (χ2n) is 8.21. The quantitative estimate of drug-likeness (QED) is 0.292. The van der Waals surface area contributed by atoms with Gasteiger partial charge in [-0.3, -0.25) is 4.31 Å². The summed E-state index contributed by atoms with van der Waals surface area (Å²) in [6, 6.07) is 22.8. The van der Waals surface area contributed by atoms with Crippen LogP contribution in [0.15, 0.2) is 88.2 Å². The summed E-state index contributed by atoms with van der Waals surface area (Å²) in [5, 5.41) is 0. The number of oxazole rings is 1. The molecule has 0 amide bonds. The van der Waals surface area contributed by atoms with Gasteiger partial charge in [-0.25, -0.2) is 13.4 Å². The molecule has 35 heavy (non-hydrogen) atoms. The zero-order chi connectivity index (χ0) is 25.0. The molecule has 0 aliphatic rings. The van der Waals surface area contributed by atoms with Crippen molar-refractivity contribution < 1.29 is 22.3 Å². The lowest BCUT2D eigenvalue weighted by atomic mass is 10.2. The van der Waals surface area contributed by atoms with E-state index in [4.69, 9.17) is 13.9 Å². The number of anilines is 1. The van der Waals surface area contributed by atoms with E-state index in [9.17, 15) is 8.42 Å². The number of sulfonamides is 1. The highest BCUT2D eigenvalue weighted by Gasteiger charge is 2.29. The minimum Gasteiger partial charge on any atom is -0.495 e. The van der Waals surface area contributed by atoms with Crippen LogP contribution in [-0.2, 0) is 16.6 Å². The van der Waals surface area contributed by atoms with Gasteiger partial charge in [0.2, 0.25) is 5.89 Å². The number of ether oxygens (including phenoxy) is 2. The highest BCUT2D eigenvalue weighted by molar-refractivity contribution is 7.92. The van der Waals surface area contributed by atoms with Gasteiger partial charge in [-0.05, 0) is 69.3 Å². The molecule has 0 aliphatic carbocycles. The maximum atomic E-state index is 13.7. The fourth-order valence-electron chi connectivity index (χ4n) is 3.64. The molecule has 0 unspecified atom stereocenters. The summed E-state index contributed by atoms with van der Waals surface area (Å²) in [4.78, 5) is 4.82. The van der Waals surface area contributed by atoms with Gasteiger partial charge in [-0.1, -0.05) is 30.3 Å². The van der Waals surface area contributed by atoms with Crippen molar-refractivity contribution in [2.45, 2.75) is 38.3 Å². The zero-order valence-electron chi connectivity index (χ0n) is 20.1. The molecule has 1 heterocycles. The van der Waals surface area contributed by atoms with Crippen molar-refractivity contribution in [3.05, 3.63) is 90.3 Å². The van der Waals surface area contributed by atoms with Gasteiger partial charge in [0.1, 0.15) is 23.0 Å². The Labute approximate surface area is 206 Å². The Hall–Kier alpha value is -3.78. The predicted octanol–water partition coefficient (Wildman–Crippen LogP) is 5.84. The van der Waals surface area contributed by atoms with Gasteiger partial charge in [0, 0.05) is 5.56 Å². The molecule has 0 radical (unpaired) electrons. The van der Waals surface area contributed by atoms with Crippen LogP contribution in [0.3, 0.4) is 0 Å². The average molecular weight is 493 g/mol. The number of hydrogen-bond donors (Lipinski definition) is 0. The van der Waals surface area contributed by atoms with Crippen LogP contribution < -0.4 is 13.8 Å². The summed E-state index contributed by atoms with van der Waals surface area (Å²) in [5.74, 6) is 2.13. The first-order valence-electron chi connectivity index (χ1n) is 11.2. The molecule has 0 spiro atoms. The smallest absolute Gasteiger partial charge is 0.264 e. The van der Waals surface area contributed by atoms with Crippen LogP contribution in [0.1, 0.15) is 25.3 Å². The number of hydrogen-bond acceptors (Lipinski definition) is 6. The Balaban J connectivity index is 1.72. The number of nitrogens with zero attached hydrogens (tertiary/aromatic N) is 2. The van der Waals surface area contributed by atoms with E-state index in [1.165, 1.54) is 11.4 Å². The molecule has 0 saturated carbocycles. The summed E-state index contributed by atoms with van der Waals surface area (Å²) >= 11 is 0.